The number of methoxy groups -OCH3 is 1. The molecule has 0 aliphatic carbocycles. The van der Waals surface area contributed by atoms with E-state index in [-0.39, 0.29) is 5.57 Å². The molecular formula is C12H16O3. The van der Waals surface area contributed by atoms with Gasteiger partial charge in [-0.25, -0.2) is 4.79 Å². The van der Waals surface area contributed by atoms with Gasteiger partial charge in [-0.1, -0.05) is 25.8 Å². The van der Waals surface area contributed by atoms with Crippen LogP contribution < -0.4 is 0 Å². The minimum atomic E-state index is -1.16. The van der Waals surface area contributed by atoms with Crippen molar-refractivity contribution in [2.24, 2.45) is 0 Å². The Labute approximate surface area is 90.4 Å². The molecule has 0 aromatic carbocycles. The number of rotatable bonds is 4. The van der Waals surface area contributed by atoms with Gasteiger partial charge in [-0.15, -0.1) is 11.7 Å². The first-order chi connectivity index (χ1) is 7.17. The second-order valence-corrected chi connectivity index (χ2v) is 2.91. The maximum Gasteiger partial charge on any atom is 0.345 e. The fourth-order valence-electron chi connectivity index (χ4n) is 0.897. The van der Waals surface area contributed by atoms with Crippen LogP contribution in [0, 0.1) is 11.8 Å². The van der Waals surface area contributed by atoms with Crippen LogP contribution >= 0.6 is 0 Å². The van der Waals surface area contributed by atoms with Crippen LogP contribution in [0.3, 0.4) is 0 Å². The zero-order valence-electron chi connectivity index (χ0n) is 9.17. The van der Waals surface area contributed by atoms with Crippen LogP contribution in [0.15, 0.2) is 17.9 Å². The van der Waals surface area contributed by atoms with E-state index >= 15 is 0 Å². The molecule has 15 heavy (non-hydrogen) atoms. The predicted octanol–water partition coefficient (Wildman–Crippen LogP) is 1.43. The number of carbonyl (C=O) groups excluding carboxylic acids is 1. The minimum Gasteiger partial charge on any atom is -0.465 e. The topological polar surface area (TPSA) is 46.5 Å². The van der Waals surface area contributed by atoms with Gasteiger partial charge in [0.05, 0.1) is 7.11 Å². The Morgan fingerprint density at radius 1 is 1.60 bits per heavy atom. The van der Waals surface area contributed by atoms with E-state index < -0.39 is 12.1 Å². The highest BCUT2D eigenvalue weighted by atomic mass is 16.5. The fourth-order valence-corrected chi connectivity index (χ4v) is 0.897. The third-order valence-electron chi connectivity index (χ3n) is 1.76. The second kappa shape index (κ2) is 7.87. The first-order valence-corrected chi connectivity index (χ1v) is 4.82. The van der Waals surface area contributed by atoms with E-state index in [1.54, 1.807) is 0 Å². The molecule has 0 aliphatic rings. The first-order valence-electron chi connectivity index (χ1n) is 4.82. The van der Waals surface area contributed by atoms with Gasteiger partial charge in [0, 0.05) is 6.42 Å². The molecule has 3 heteroatoms. The van der Waals surface area contributed by atoms with Gasteiger partial charge < -0.3 is 9.84 Å². The summed E-state index contributed by atoms with van der Waals surface area (Å²) in [7, 11) is 1.23. The molecule has 0 amide bonds. The van der Waals surface area contributed by atoms with Gasteiger partial charge in [0.15, 0.2) is 6.10 Å². The highest BCUT2D eigenvalue weighted by Crippen LogP contribution is 2.02. The van der Waals surface area contributed by atoms with E-state index in [0.717, 1.165) is 12.8 Å². The molecule has 1 N–H and O–H groups in total. The molecule has 3 nitrogen and oxygen atoms in total. The summed E-state index contributed by atoms with van der Waals surface area (Å²) in [6.07, 6.45) is 1.57. The number of hydrogen-bond donors (Lipinski definition) is 1. The zero-order valence-corrected chi connectivity index (χ0v) is 9.17. The molecule has 0 aromatic rings. The van der Waals surface area contributed by atoms with E-state index in [2.05, 4.69) is 35.8 Å². The molecule has 82 valence electrons. The molecule has 0 spiro atoms. The quantitative estimate of drug-likeness (QED) is 0.250. The smallest absolute Gasteiger partial charge is 0.345 e. The van der Waals surface area contributed by atoms with Crippen molar-refractivity contribution in [3.8, 4) is 11.8 Å². The van der Waals surface area contributed by atoms with Crippen LogP contribution in [-0.4, -0.2) is 24.3 Å². The van der Waals surface area contributed by atoms with Crippen molar-refractivity contribution in [1.29, 1.82) is 0 Å². The first kappa shape index (κ1) is 13.5. The van der Waals surface area contributed by atoms with Crippen molar-refractivity contribution in [3.63, 3.8) is 0 Å². The van der Waals surface area contributed by atoms with E-state index in [9.17, 15) is 9.90 Å². The average Bonchev–Trinajstić information content (AvgIpc) is 2.25. The summed E-state index contributed by atoms with van der Waals surface area (Å²) in [5.41, 5.74) is 2.29. The molecule has 0 radical (unpaired) electrons. The van der Waals surface area contributed by atoms with Gasteiger partial charge in [0.1, 0.15) is 5.57 Å². The molecule has 0 heterocycles. The Balaban J connectivity index is 4.39. The summed E-state index contributed by atoms with van der Waals surface area (Å²) in [6, 6.07) is 0. The summed E-state index contributed by atoms with van der Waals surface area (Å²) >= 11 is 0. The lowest BCUT2D eigenvalue weighted by atomic mass is 10.1. The van der Waals surface area contributed by atoms with Crippen molar-refractivity contribution >= 4 is 5.97 Å². The van der Waals surface area contributed by atoms with Crippen LogP contribution in [0.2, 0.25) is 0 Å². The summed E-state index contributed by atoms with van der Waals surface area (Å²) in [5.74, 6) is 4.68. The lowest BCUT2D eigenvalue weighted by molar-refractivity contribution is -0.136. The van der Waals surface area contributed by atoms with Crippen molar-refractivity contribution in [2.45, 2.75) is 32.3 Å². The highest BCUT2D eigenvalue weighted by Gasteiger charge is 2.16. The molecule has 0 saturated heterocycles. The van der Waals surface area contributed by atoms with Crippen molar-refractivity contribution in [2.75, 3.05) is 7.11 Å². The fraction of sp³-hybridized carbons (Fsp3) is 0.500. The summed E-state index contributed by atoms with van der Waals surface area (Å²) in [6.45, 7) is 5.36. The third kappa shape index (κ3) is 5.07. The van der Waals surface area contributed by atoms with Gasteiger partial charge in [0.2, 0.25) is 0 Å². The van der Waals surface area contributed by atoms with Crippen molar-refractivity contribution in [3.05, 3.63) is 17.9 Å². The molecule has 0 fully saturated rings. The molecule has 0 bridgehead atoms. The van der Waals surface area contributed by atoms with Gasteiger partial charge in [-0.2, -0.15) is 0 Å². The number of ether oxygens (including phenoxy) is 1. The molecule has 1 unspecified atom stereocenters. The summed E-state index contributed by atoms with van der Waals surface area (Å²) < 4.78 is 4.45. The van der Waals surface area contributed by atoms with Gasteiger partial charge >= 0.3 is 5.97 Å². The van der Waals surface area contributed by atoms with Gasteiger partial charge in [-0.3, -0.25) is 0 Å². The van der Waals surface area contributed by atoms with Crippen LogP contribution in [0.1, 0.15) is 26.2 Å². The molecule has 0 aliphatic heterocycles. The number of aliphatic hydroxyl groups is 1. The minimum absolute atomic E-state index is 0.0403. The molecule has 0 saturated carbocycles. The second-order valence-electron chi connectivity index (χ2n) is 2.91. The third-order valence-corrected chi connectivity index (χ3v) is 1.76. The normalized spacial score (nSPS) is 10.6. The van der Waals surface area contributed by atoms with Crippen LogP contribution in [0.25, 0.3) is 0 Å². The van der Waals surface area contributed by atoms with Crippen LogP contribution in [0.4, 0.5) is 0 Å². The van der Waals surface area contributed by atoms with E-state index in [0.29, 0.717) is 6.42 Å². The maximum atomic E-state index is 11.1. The number of aliphatic hydroxyl groups excluding tert-OH is 1. The zero-order chi connectivity index (χ0) is 11.7. The largest absolute Gasteiger partial charge is 0.465 e. The van der Waals surface area contributed by atoms with E-state index in [1.165, 1.54) is 7.11 Å². The monoisotopic (exact) mass is 208 g/mol. The Bertz CT molecular complexity index is 313. The molecule has 0 aromatic heterocycles. The van der Waals surface area contributed by atoms with Crippen molar-refractivity contribution in [1.82, 2.24) is 0 Å². The van der Waals surface area contributed by atoms with Crippen LogP contribution in [0.5, 0.6) is 0 Å². The predicted molar refractivity (Wildman–Crippen MR) is 58.0 cm³/mol. The molecular weight excluding hydrogens is 192 g/mol. The number of hydrogen-bond acceptors (Lipinski definition) is 3. The Hall–Kier alpha value is -1.49. The van der Waals surface area contributed by atoms with Gasteiger partial charge in [0.25, 0.3) is 0 Å². The van der Waals surface area contributed by atoms with E-state index in [1.807, 2.05) is 0 Å². The number of carbonyl (C=O) groups is 1. The lowest BCUT2D eigenvalue weighted by Gasteiger charge is -2.03. The summed E-state index contributed by atoms with van der Waals surface area (Å²) in [5, 5.41) is 9.50. The lowest BCUT2D eigenvalue weighted by Crippen LogP contribution is -2.16. The SMILES string of the molecule is C=C=C(C(=O)OC)C(O)C#CCCCC. The highest BCUT2D eigenvalue weighted by molar-refractivity contribution is 5.89. The van der Waals surface area contributed by atoms with Crippen molar-refractivity contribution < 1.29 is 14.6 Å². The molecule has 1 atom stereocenters. The average molecular weight is 208 g/mol. The molecule has 0 rings (SSSR count). The number of unbranched alkanes of at least 4 members (excludes halogenated alkanes) is 2. The number of esters is 1. The Kier molecular flexibility index (Phi) is 7.09. The van der Waals surface area contributed by atoms with Crippen LogP contribution in [-0.2, 0) is 9.53 Å². The maximum absolute atomic E-state index is 11.1. The van der Waals surface area contributed by atoms with E-state index in [4.69, 9.17) is 0 Å². The van der Waals surface area contributed by atoms with Gasteiger partial charge in [-0.05, 0) is 6.42 Å². The summed E-state index contributed by atoms with van der Waals surface area (Å²) in [4.78, 5) is 11.1. The standard InChI is InChI=1S/C12H16O3/c1-4-6-7-8-9-11(13)10(5-2)12(14)15-3/h11,13H,2,4,6-7H2,1,3H3. The Morgan fingerprint density at radius 3 is 2.73 bits per heavy atom. The Morgan fingerprint density at radius 2 is 2.27 bits per heavy atom.